The van der Waals surface area contributed by atoms with Gasteiger partial charge < -0.3 is 15.2 Å². The number of ether oxygens (including phenoxy) is 1. The van der Waals surface area contributed by atoms with Crippen LogP contribution in [0.15, 0.2) is 67.0 Å². The van der Waals surface area contributed by atoms with Gasteiger partial charge in [0.1, 0.15) is 5.75 Å². The third kappa shape index (κ3) is 4.23. The Kier molecular flexibility index (Phi) is 4.75. The van der Waals surface area contributed by atoms with E-state index in [0.29, 0.717) is 17.0 Å². The van der Waals surface area contributed by atoms with Gasteiger partial charge in [-0.3, -0.25) is 4.79 Å². The maximum absolute atomic E-state index is 12.3. The van der Waals surface area contributed by atoms with Crippen LogP contribution in [-0.2, 0) is 4.79 Å². The summed E-state index contributed by atoms with van der Waals surface area (Å²) in [5.74, 6) is -1.07. The van der Waals surface area contributed by atoms with Crippen LogP contribution in [0, 0.1) is 0 Å². The second-order valence-corrected chi connectivity index (χ2v) is 5.16. The van der Waals surface area contributed by atoms with Crippen LogP contribution in [0.1, 0.15) is 10.4 Å². The Morgan fingerprint density at radius 1 is 1.12 bits per heavy atom. The Morgan fingerprint density at radius 2 is 1.92 bits per heavy atom. The zero-order valence-electron chi connectivity index (χ0n) is 13.1. The highest BCUT2D eigenvalue weighted by Crippen LogP contribution is 2.17. The lowest BCUT2D eigenvalue weighted by molar-refractivity contribution is -0.139. The second kappa shape index (κ2) is 7.31. The lowest BCUT2D eigenvalue weighted by Crippen LogP contribution is -2.13. The summed E-state index contributed by atoms with van der Waals surface area (Å²) in [7, 11) is 0. The van der Waals surface area contributed by atoms with Crippen molar-refractivity contribution < 1.29 is 19.4 Å². The van der Waals surface area contributed by atoms with E-state index in [4.69, 9.17) is 9.84 Å². The number of benzene rings is 2. The molecular weight excluding hydrogens is 322 g/mol. The number of nitrogens with one attached hydrogen (secondary N) is 1. The molecule has 0 aliphatic rings. The standard InChI is InChI=1S/C18H15N3O4/c22-17(23)12-25-16-4-1-3-13(11-16)18(24)20-14-5-7-15(8-6-14)21-10-2-9-19-21/h1-11H,12H2,(H,20,24)(H,22,23). The van der Waals surface area contributed by atoms with Gasteiger partial charge in [-0.1, -0.05) is 6.07 Å². The minimum Gasteiger partial charge on any atom is -0.482 e. The number of hydrogen-bond donors (Lipinski definition) is 2. The van der Waals surface area contributed by atoms with Gasteiger partial charge in [0.25, 0.3) is 5.91 Å². The van der Waals surface area contributed by atoms with Crippen molar-refractivity contribution in [1.82, 2.24) is 9.78 Å². The minimum absolute atomic E-state index is 0.312. The Morgan fingerprint density at radius 3 is 2.60 bits per heavy atom. The summed E-state index contributed by atoms with van der Waals surface area (Å²) in [5, 5.41) is 15.5. The summed E-state index contributed by atoms with van der Waals surface area (Å²) in [4.78, 5) is 22.9. The predicted molar refractivity (Wildman–Crippen MR) is 91.1 cm³/mol. The molecule has 3 rings (SSSR count). The van der Waals surface area contributed by atoms with Gasteiger partial charge in [-0.15, -0.1) is 0 Å². The van der Waals surface area contributed by atoms with Crippen molar-refractivity contribution in [2.24, 2.45) is 0 Å². The fraction of sp³-hybridized carbons (Fsp3) is 0.0556. The van der Waals surface area contributed by atoms with Crippen LogP contribution in [0.2, 0.25) is 0 Å². The van der Waals surface area contributed by atoms with Gasteiger partial charge in [-0.2, -0.15) is 5.10 Å². The van der Waals surface area contributed by atoms with Crippen LogP contribution in [-0.4, -0.2) is 33.4 Å². The molecule has 7 heteroatoms. The first-order valence-corrected chi connectivity index (χ1v) is 7.48. The third-order valence-corrected chi connectivity index (χ3v) is 3.35. The maximum atomic E-state index is 12.3. The Labute approximate surface area is 143 Å². The van der Waals surface area contributed by atoms with E-state index in [-0.39, 0.29) is 5.91 Å². The van der Waals surface area contributed by atoms with E-state index < -0.39 is 12.6 Å². The molecule has 126 valence electrons. The molecule has 7 nitrogen and oxygen atoms in total. The molecule has 25 heavy (non-hydrogen) atoms. The van der Waals surface area contributed by atoms with Crippen LogP contribution < -0.4 is 10.1 Å². The molecular formula is C18H15N3O4. The van der Waals surface area contributed by atoms with Crippen molar-refractivity contribution >= 4 is 17.6 Å². The number of carbonyl (C=O) groups is 2. The van der Waals surface area contributed by atoms with E-state index in [1.807, 2.05) is 24.4 Å². The molecule has 0 spiro atoms. The maximum Gasteiger partial charge on any atom is 0.341 e. The zero-order valence-corrected chi connectivity index (χ0v) is 13.1. The normalized spacial score (nSPS) is 10.2. The predicted octanol–water partition coefficient (Wildman–Crippen LogP) is 2.59. The third-order valence-electron chi connectivity index (χ3n) is 3.35. The number of carboxylic acids is 1. The Bertz CT molecular complexity index is 874. The van der Waals surface area contributed by atoms with Crippen LogP contribution in [0.5, 0.6) is 5.75 Å². The van der Waals surface area contributed by atoms with E-state index in [9.17, 15) is 9.59 Å². The first kappa shape index (κ1) is 16.3. The van der Waals surface area contributed by atoms with E-state index in [1.165, 1.54) is 6.07 Å². The smallest absolute Gasteiger partial charge is 0.341 e. The van der Waals surface area contributed by atoms with Crippen molar-refractivity contribution in [3.05, 3.63) is 72.6 Å². The van der Waals surface area contributed by atoms with Crippen molar-refractivity contribution in [1.29, 1.82) is 0 Å². The number of nitrogens with zero attached hydrogens (tertiary/aromatic N) is 2. The number of anilines is 1. The van der Waals surface area contributed by atoms with Gasteiger partial charge >= 0.3 is 5.97 Å². The van der Waals surface area contributed by atoms with Gasteiger partial charge in [0.05, 0.1) is 5.69 Å². The van der Waals surface area contributed by atoms with Gasteiger partial charge in [-0.05, 0) is 48.5 Å². The van der Waals surface area contributed by atoms with E-state index in [0.717, 1.165) is 5.69 Å². The summed E-state index contributed by atoms with van der Waals surface area (Å²) in [6.07, 6.45) is 3.52. The number of carbonyl (C=O) groups excluding carboxylic acids is 1. The topological polar surface area (TPSA) is 93.5 Å². The Balaban J connectivity index is 1.67. The molecule has 0 saturated carbocycles. The molecule has 0 atom stereocenters. The van der Waals surface area contributed by atoms with Crippen LogP contribution in [0.3, 0.4) is 0 Å². The molecule has 0 aliphatic carbocycles. The number of carboxylic acid groups (broad SMARTS) is 1. The molecule has 1 aromatic heterocycles. The van der Waals surface area contributed by atoms with E-state index in [1.54, 1.807) is 41.2 Å². The largest absolute Gasteiger partial charge is 0.482 e. The van der Waals surface area contributed by atoms with Gasteiger partial charge in [0.15, 0.2) is 6.61 Å². The molecule has 0 unspecified atom stereocenters. The summed E-state index contributed by atoms with van der Waals surface area (Å²) < 4.78 is 6.79. The second-order valence-electron chi connectivity index (χ2n) is 5.16. The fourth-order valence-electron chi connectivity index (χ4n) is 2.19. The van der Waals surface area contributed by atoms with Gasteiger partial charge in [0, 0.05) is 23.6 Å². The average molecular weight is 337 g/mol. The molecule has 0 saturated heterocycles. The molecule has 1 heterocycles. The first-order chi connectivity index (χ1) is 12.1. The van der Waals surface area contributed by atoms with Crippen LogP contribution in [0.4, 0.5) is 5.69 Å². The number of aliphatic carboxylic acids is 1. The van der Waals surface area contributed by atoms with Crippen molar-refractivity contribution in [2.75, 3.05) is 11.9 Å². The molecule has 0 aliphatic heterocycles. The number of rotatable bonds is 6. The van der Waals surface area contributed by atoms with Gasteiger partial charge in [-0.25, -0.2) is 9.48 Å². The first-order valence-electron chi connectivity index (χ1n) is 7.48. The molecule has 0 bridgehead atoms. The molecule has 0 fully saturated rings. The molecule has 3 aromatic rings. The number of aromatic nitrogens is 2. The highest BCUT2D eigenvalue weighted by Gasteiger charge is 2.08. The lowest BCUT2D eigenvalue weighted by Gasteiger charge is -2.08. The zero-order chi connectivity index (χ0) is 17.6. The SMILES string of the molecule is O=C(O)COc1cccc(C(=O)Nc2ccc(-n3cccn3)cc2)c1. The molecule has 2 N–H and O–H groups in total. The highest BCUT2D eigenvalue weighted by atomic mass is 16.5. The van der Waals surface area contributed by atoms with Crippen molar-refractivity contribution in [3.63, 3.8) is 0 Å². The fourth-order valence-corrected chi connectivity index (χ4v) is 2.19. The Hall–Kier alpha value is -3.61. The monoisotopic (exact) mass is 337 g/mol. The molecule has 1 amide bonds. The molecule has 2 aromatic carbocycles. The van der Waals surface area contributed by atoms with Crippen LogP contribution >= 0.6 is 0 Å². The summed E-state index contributed by atoms with van der Waals surface area (Å²) in [6.45, 7) is -0.458. The lowest BCUT2D eigenvalue weighted by atomic mass is 10.2. The highest BCUT2D eigenvalue weighted by molar-refractivity contribution is 6.04. The van der Waals surface area contributed by atoms with E-state index >= 15 is 0 Å². The van der Waals surface area contributed by atoms with Crippen molar-refractivity contribution in [2.45, 2.75) is 0 Å². The minimum atomic E-state index is -1.08. The number of hydrogen-bond acceptors (Lipinski definition) is 4. The van der Waals surface area contributed by atoms with E-state index in [2.05, 4.69) is 10.4 Å². The van der Waals surface area contributed by atoms with Crippen molar-refractivity contribution in [3.8, 4) is 11.4 Å². The summed E-state index contributed by atoms with van der Waals surface area (Å²) in [5.41, 5.74) is 1.89. The quantitative estimate of drug-likeness (QED) is 0.721. The average Bonchev–Trinajstić information content (AvgIpc) is 3.15. The molecule has 0 radical (unpaired) electrons. The summed E-state index contributed by atoms with van der Waals surface area (Å²) in [6, 6.07) is 15.4. The number of amides is 1. The van der Waals surface area contributed by atoms with Gasteiger partial charge in [0.2, 0.25) is 0 Å². The van der Waals surface area contributed by atoms with Crippen LogP contribution in [0.25, 0.3) is 5.69 Å². The summed E-state index contributed by atoms with van der Waals surface area (Å²) >= 11 is 0.